The van der Waals surface area contributed by atoms with Gasteiger partial charge in [0.05, 0.1) is 24.2 Å². The fraction of sp³-hybridized carbons (Fsp3) is 0.417. The van der Waals surface area contributed by atoms with Crippen LogP contribution in [0.5, 0.6) is 11.5 Å². The summed E-state index contributed by atoms with van der Waals surface area (Å²) in [6, 6.07) is 4.08. The van der Waals surface area contributed by atoms with Gasteiger partial charge in [-0.2, -0.15) is 0 Å². The Labute approximate surface area is 110 Å². The summed E-state index contributed by atoms with van der Waals surface area (Å²) in [5.41, 5.74) is -0.225. The molecule has 0 atom stereocenters. The van der Waals surface area contributed by atoms with E-state index in [0.717, 1.165) is 0 Å². The van der Waals surface area contributed by atoms with Crippen LogP contribution >= 0.6 is 0 Å². The molecule has 0 N–H and O–H groups in total. The fourth-order valence-corrected chi connectivity index (χ4v) is 1.34. The van der Waals surface area contributed by atoms with Gasteiger partial charge in [-0.3, -0.25) is 10.1 Å². The van der Waals surface area contributed by atoms with Crippen LogP contribution in [0.2, 0.25) is 0 Å². The van der Waals surface area contributed by atoms with Gasteiger partial charge in [-0.25, -0.2) is 4.79 Å². The third-order valence-corrected chi connectivity index (χ3v) is 2.07. The van der Waals surface area contributed by atoms with Crippen molar-refractivity contribution in [3.05, 3.63) is 28.3 Å². The first-order valence-electron chi connectivity index (χ1n) is 5.58. The largest absolute Gasteiger partial charge is 0.490 e. The first-order valence-corrected chi connectivity index (χ1v) is 5.58. The van der Waals surface area contributed by atoms with E-state index in [2.05, 4.69) is 0 Å². The smallest absolute Gasteiger partial charge is 0.344 e. The zero-order valence-electron chi connectivity index (χ0n) is 10.9. The van der Waals surface area contributed by atoms with Gasteiger partial charge in [0.1, 0.15) is 5.75 Å². The Morgan fingerprint density at radius 2 is 2.11 bits per heavy atom. The van der Waals surface area contributed by atoms with Gasteiger partial charge in [0, 0.05) is 0 Å². The van der Waals surface area contributed by atoms with Gasteiger partial charge in [0.2, 0.25) is 0 Å². The number of ether oxygens (including phenoxy) is 3. The topological polar surface area (TPSA) is 87.9 Å². The van der Waals surface area contributed by atoms with E-state index >= 15 is 0 Å². The van der Waals surface area contributed by atoms with Crippen LogP contribution in [0.25, 0.3) is 0 Å². The number of carbonyl (C=O) groups excluding carboxylic acids is 1. The summed E-state index contributed by atoms with van der Waals surface area (Å²) >= 11 is 0. The molecule has 0 radical (unpaired) electrons. The number of nitro benzene ring substituents is 1. The van der Waals surface area contributed by atoms with Crippen molar-refractivity contribution in [1.29, 1.82) is 0 Å². The fourth-order valence-electron chi connectivity index (χ4n) is 1.34. The summed E-state index contributed by atoms with van der Waals surface area (Å²) in [5.74, 6) is -0.205. The third kappa shape index (κ3) is 4.46. The second kappa shape index (κ2) is 6.58. The number of hydrogen-bond donors (Lipinski definition) is 0. The highest BCUT2D eigenvalue weighted by Gasteiger charge is 2.16. The molecule has 0 unspecified atom stereocenters. The molecule has 0 bridgehead atoms. The molecule has 0 aliphatic heterocycles. The predicted octanol–water partition coefficient (Wildman–Crippen LogP) is 1.93. The van der Waals surface area contributed by atoms with Crippen LogP contribution in [-0.4, -0.2) is 30.7 Å². The Morgan fingerprint density at radius 3 is 2.63 bits per heavy atom. The van der Waals surface area contributed by atoms with E-state index in [-0.39, 0.29) is 29.9 Å². The highest BCUT2D eigenvalue weighted by atomic mass is 16.6. The third-order valence-electron chi connectivity index (χ3n) is 2.07. The summed E-state index contributed by atoms with van der Waals surface area (Å²) in [5, 5.41) is 10.8. The Kier molecular flexibility index (Phi) is 5.11. The van der Waals surface area contributed by atoms with Gasteiger partial charge in [0.25, 0.3) is 0 Å². The van der Waals surface area contributed by atoms with Crippen LogP contribution in [0.15, 0.2) is 18.2 Å². The second-order valence-corrected chi connectivity index (χ2v) is 3.92. The van der Waals surface area contributed by atoms with E-state index in [1.807, 2.05) is 0 Å². The molecule has 1 rings (SSSR count). The number of methoxy groups -OCH3 is 1. The van der Waals surface area contributed by atoms with Gasteiger partial charge in [-0.05, 0) is 26.0 Å². The second-order valence-electron chi connectivity index (χ2n) is 3.92. The zero-order chi connectivity index (χ0) is 14.4. The zero-order valence-corrected chi connectivity index (χ0v) is 10.9. The quantitative estimate of drug-likeness (QED) is 0.445. The molecule has 1 aromatic carbocycles. The lowest BCUT2D eigenvalue weighted by atomic mass is 10.3. The number of rotatable bonds is 6. The molecule has 104 valence electrons. The van der Waals surface area contributed by atoms with Crippen LogP contribution in [0.1, 0.15) is 13.8 Å². The molecule has 0 aromatic heterocycles. The number of nitrogens with zero attached hydrogens (tertiary/aromatic N) is 1. The normalized spacial score (nSPS) is 10.1. The first kappa shape index (κ1) is 14.7. The number of esters is 1. The van der Waals surface area contributed by atoms with Crippen LogP contribution in [0.3, 0.4) is 0 Å². The Morgan fingerprint density at radius 1 is 1.42 bits per heavy atom. The summed E-state index contributed by atoms with van der Waals surface area (Å²) in [6.07, 6.45) is -0.235. The molecule has 0 aliphatic rings. The van der Waals surface area contributed by atoms with Gasteiger partial charge < -0.3 is 14.2 Å². The van der Waals surface area contributed by atoms with Crippen molar-refractivity contribution < 1.29 is 23.9 Å². The maximum atomic E-state index is 11.3. The lowest BCUT2D eigenvalue weighted by Crippen LogP contribution is -2.18. The molecule has 0 saturated heterocycles. The van der Waals surface area contributed by atoms with Crippen molar-refractivity contribution in [3.8, 4) is 11.5 Å². The van der Waals surface area contributed by atoms with Gasteiger partial charge >= 0.3 is 11.7 Å². The molecular formula is C12H15NO6. The molecule has 0 spiro atoms. The van der Waals surface area contributed by atoms with Crippen molar-refractivity contribution in [2.24, 2.45) is 0 Å². The van der Waals surface area contributed by atoms with Crippen LogP contribution in [0.4, 0.5) is 5.69 Å². The lowest BCUT2D eigenvalue weighted by molar-refractivity contribution is -0.385. The molecule has 7 nitrogen and oxygen atoms in total. The molecule has 0 amide bonds. The van der Waals surface area contributed by atoms with E-state index in [0.29, 0.717) is 0 Å². The average molecular weight is 269 g/mol. The van der Waals surface area contributed by atoms with E-state index < -0.39 is 10.9 Å². The highest BCUT2D eigenvalue weighted by molar-refractivity contribution is 5.71. The first-order chi connectivity index (χ1) is 8.93. The maximum Gasteiger partial charge on any atom is 0.344 e. The van der Waals surface area contributed by atoms with Crippen LogP contribution < -0.4 is 9.47 Å². The van der Waals surface area contributed by atoms with E-state index in [1.165, 1.54) is 25.3 Å². The number of hydrogen-bond acceptors (Lipinski definition) is 6. The highest BCUT2D eigenvalue weighted by Crippen LogP contribution is 2.30. The van der Waals surface area contributed by atoms with E-state index in [1.54, 1.807) is 13.8 Å². The van der Waals surface area contributed by atoms with E-state index in [9.17, 15) is 14.9 Å². The van der Waals surface area contributed by atoms with Crippen LogP contribution in [-0.2, 0) is 9.53 Å². The number of nitro groups is 1. The summed E-state index contributed by atoms with van der Waals surface area (Å²) in [4.78, 5) is 21.5. The van der Waals surface area contributed by atoms with Crippen molar-refractivity contribution in [2.45, 2.75) is 20.0 Å². The van der Waals surface area contributed by atoms with Crippen molar-refractivity contribution in [2.75, 3.05) is 13.7 Å². The summed E-state index contributed by atoms with van der Waals surface area (Å²) < 4.78 is 14.8. The van der Waals surface area contributed by atoms with Gasteiger partial charge in [0.15, 0.2) is 12.4 Å². The number of carbonyl (C=O) groups is 1. The molecular weight excluding hydrogens is 254 g/mol. The SMILES string of the molecule is COc1ccc(OCC(=O)OC(C)C)cc1[N+](=O)[O-]. The molecule has 1 aromatic rings. The molecule has 7 heteroatoms. The van der Waals surface area contributed by atoms with Crippen molar-refractivity contribution in [1.82, 2.24) is 0 Å². The van der Waals surface area contributed by atoms with Crippen LogP contribution in [0, 0.1) is 10.1 Å². The monoisotopic (exact) mass is 269 g/mol. The molecule has 0 saturated carbocycles. The lowest BCUT2D eigenvalue weighted by Gasteiger charge is -2.09. The van der Waals surface area contributed by atoms with E-state index in [4.69, 9.17) is 14.2 Å². The summed E-state index contributed by atoms with van der Waals surface area (Å²) in [6.45, 7) is 3.13. The average Bonchev–Trinajstić information content (AvgIpc) is 2.35. The standard InChI is InChI=1S/C12H15NO6/c1-8(2)19-12(14)7-18-9-4-5-11(17-3)10(6-9)13(15)16/h4-6,8H,7H2,1-3H3. The Balaban J connectivity index is 2.72. The maximum absolute atomic E-state index is 11.3. The Bertz CT molecular complexity index is 471. The minimum absolute atomic E-state index is 0.127. The Hall–Kier alpha value is -2.31. The molecule has 0 aliphatic carbocycles. The van der Waals surface area contributed by atoms with Gasteiger partial charge in [-0.15, -0.1) is 0 Å². The molecule has 0 heterocycles. The van der Waals surface area contributed by atoms with Crippen molar-refractivity contribution in [3.63, 3.8) is 0 Å². The number of benzene rings is 1. The van der Waals surface area contributed by atoms with Gasteiger partial charge in [-0.1, -0.05) is 0 Å². The molecule has 19 heavy (non-hydrogen) atoms. The minimum Gasteiger partial charge on any atom is -0.490 e. The molecule has 0 fully saturated rings. The van der Waals surface area contributed by atoms with Crippen molar-refractivity contribution >= 4 is 11.7 Å². The predicted molar refractivity (Wildman–Crippen MR) is 66.4 cm³/mol. The summed E-state index contributed by atoms with van der Waals surface area (Å²) in [7, 11) is 1.34. The minimum atomic E-state index is -0.585.